The van der Waals surface area contributed by atoms with Gasteiger partial charge in [-0.1, -0.05) is 12.1 Å². The average molecular weight is 174 g/mol. The molecule has 2 nitrogen and oxygen atoms in total. The molecule has 1 aliphatic heterocycles. The molecule has 0 aliphatic carbocycles. The normalized spacial score (nSPS) is 18.5. The van der Waals surface area contributed by atoms with Crippen molar-refractivity contribution in [2.24, 2.45) is 4.99 Å². The zero-order chi connectivity index (χ0) is 9.47. The first-order valence-electron chi connectivity index (χ1n) is 4.52. The summed E-state index contributed by atoms with van der Waals surface area (Å²) in [4.78, 5) is 4.55. The van der Waals surface area contributed by atoms with Crippen LogP contribution in [-0.4, -0.2) is 11.3 Å². The van der Waals surface area contributed by atoms with Crippen LogP contribution in [0.1, 0.15) is 20.8 Å². The second kappa shape index (κ2) is 2.59. The molecule has 0 aromatic heterocycles. The molecule has 13 heavy (non-hydrogen) atoms. The van der Waals surface area contributed by atoms with E-state index in [1.54, 1.807) is 0 Å². The highest BCUT2D eigenvalue weighted by Crippen LogP contribution is 2.32. The van der Waals surface area contributed by atoms with Crippen molar-refractivity contribution in [3.63, 3.8) is 0 Å². The van der Waals surface area contributed by atoms with E-state index in [0.29, 0.717) is 0 Å². The second-order valence-corrected chi connectivity index (χ2v) is 3.96. The van der Waals surface area contributed by atoms with Gasteiger partial charge in [0.25, 0.3) is 0 Å². The molecule has 0 amide bonds. The number of hydrogen-bond acceptors (Lipinski definition) is 2. The average Bonchev–Trinajstić information content (AvgIpc) is 2.06. The number of aliphatic imine (C=N–C) groups is 1. The summed E-state index contributed by atoms with van der Waals surface area (Å²) in [5.74, 6) is 0. The van der Waals surface area contributed by atoms with Crippen molar-refractivity contribution in [3.05, 3.63) is 24.3 Å². The van der Waals surface area contributed by atoms with Crippen LogP contribution in [-0.2, 0) is 0 Å². The molecule has 0 fully saturated rings. The maximum absolute atomic E-state index is 4.55. The van der Waals surface area contributed by atoms with Gasteiger partial charge in [-0.3, -0.25) is 4.99 Å². The van der Waals surface area contributed by atoms with Crippen LogP contribution in [0.25, 0.3) is 0 Å². The van der Waals surface area contributed by atoms with Crippen molar-refractivity contribution in [1.29, 1.82) is 0 Å². The van der Waals surface area contributed by atoms with Gasteiger partial charge in [0.05, 0.1) is 16.9 Å². The topological polar surface area (TPSA) is 24.4 Å². The standard InChI is InChI=1S/C11H14N2/c1-8-11(2,3)13-10-7-5-4-6-9(10)12-8/h4-7,13H,1-3H3. The van der Waals surface area contributed by atoms with Gasteiger partial charge in [-0.15, -0.1) is 0 Å². The number of anilines is 1. The lowest BCUT2D eigenvalue weighted by atomic mass is 9.96. The number of hydrogen-bond donors (Lipinski definition) is 1. The molecular weight excluding hydrogens is 160 g/mol. The van der Waals surface area contributed by atoms with Crippen molar-refractivity contribution in [1.82, 2.24) is 0 Å². The Kier molecular flexibility index (Phi) is 1.65. The van der Waals surface area contributed by atoms with E-state index in [9.17, 15) is 0 Å². The lowest BCUT2D eigenvalue weighted by Crippen LogP contribution is -2.40. The van der Waals surface area contributed by atoms with E-state index >= 15 is 0 Å². The van der Waals surface area contributed by atoms with Crippen LogP contribution in [0.2, 0.25) is 0 Å². The molecule has 1 aromatic rings. The van der Waals surface area contributed by atoms with Crippen molar-refractivity contribution < 1.29 is 0 Å². The van der Waals surface area contributed by atoms with E-state index in [1.165, 1.54) is 0 Å². The van der Waals surface area contributed by atoms with Crippen LogP contribution in [0.3, 0.4) is 0 Å². The van der Waals surface area contributed by atoms with Crippen molar-refractivity contribution in [2.75, 3.05) is 5.32 Å². The van der Waals surface area contributed by atoms with Gasteiger partial charge in [0.1, 0.15) is 0 Å². The largest absolute Gasteiger partial charge is 0.373 e. The van der Waals surface area contributed by atoms with Crippen LogP contribution in [0.4, 0.5) is 11.4 Å². The minimum absolute atomic E-state index is 0.0195. The SMILES string of the molecule is CC1=Nc2ccccc2NC1(C)C. The molecule has 0 unspecified atom stereocenters. The quantitative estimate of drug-likeness (QED) is 0.642. The molecule has 0 spiro atoms. The summed E-state index contributed by atoms with van der Waals surface area (Å²) in [6.07, 6.45) is 0. The molecular formula is C11H14N2. The number of nitrogens with one attached hydrogen (secondary N) is 1. The Labute approximate surface area is 78.7 Å². The zero-order valence-corrected chi connectivity index (χ0v) is 8.26. The Balaban J connectivity index is 2.53. The molecule has 0 saturated heterocycles. The molecule has 2 rings (SSSR count). The first kappa shape index (κ1) is 8.30. The van der Waals surface area contributed by atoms with Gasteiger partial charge in [0.15, 0.2) is 0 Å². The third-order valence-electron chi connectivity index (χ3n) is 2.54. The summed E-state index contributed by atoms with van der Waals surface area (Å²) in [6, 6.07) is 8.13. The van der Waals surface area contributed by atoms with E-state index in [0.717, 1.165) is 17.1 Å². The summed E-state index contributed by atoms with van der Waals surface area (Å²) in [7, 11) is 0. The van der Waals surface area contributed by atoms with Crippen molar-refractivity contribution >= 4 is 17.1 Å². The lowest BCUT2D eigenvalue weighted by Gasteiger charge is -2.32. The number of benzene rings is 1. The minimum atomic E-state index is -0.0195. The van der Waals surface area contributed by atoms with Gasteiger partial charge < -0.3 is 5.32 Å². The molecule has 1 N–H and O–H groups in total. The monoisotopic (exact) mass is 174 g/mol. The van der Waals surface area contributed by atoms with E-state index in [1.807, 2.05) is 18.2 Å². The molecule has 68 valence electrons. The first-order chi connectivity index (χ1) is 6.09. The fourth-order valence-electron chi connectivity index (χ4n) is 1.42. The number of nitrogens with zero attached hydrogens (tertiary/aromatic N) is 1. The van der Waals surface area contributed by atoms with E-state index in [2.05, 4.69) is 37.1 Å². The maximum Gasteiger partial charge on any atom is 0.0861 e. The summed E-state index contributed by atoms with van der Waals surface area (Å²) >= 11 is 0. The van der Waals surface area contributed by atoms with Crippen LogP contribution in [0, 0.1) is 0 Å². The molecule has 1 aromatic carbocycles. The molecule has 0 atom stereocenters. The highest BCUT2D eigenvalue weighted by Gasteiger charge is 2.25. The van der Waals surface area contributed by atoms with E-state index in [-0.39, 0.29) is 5.54 Å². The van der Waals surface area contributed by atoms with Gasteiger partial charge in [-0.2, -0.15) is 0 Å². The first-order valence-corrected chi connectivity index (χ1v) is 4.52. The molecule has 1 aliphatic rings. The lowest BCUT2D eigenvalue weighted by molar-refractivity contribution is 0.747. The van der Waals surface area contributed by atoms with Gasteiger partial charge >= 0.3 is 0 Å². The summed E-state index contributed by atoms with van der Waals surface area (Å²) in [6.45, 7) is 6.34. The Morgan fingerprint density at radius 3 is 2.69 bits per heavy atom. The van der Waals surface area contributed by atoms with Crippen LogP contribution >= 0.6 is 0 Å². The van der Waals surface area contributed by atoms with Crippen LogP contribution in [0.15, 0.2) is 29.3 Å². The molecule has 2 heteroatoms. The highest BCUT2D eigenvalue weighted by molar-refractivity contribution is 5.99. The number of para-hydroxylation sites is 2. The number of rotatable bonds is 0. The fourth-order valence-corrected chi connectivity index (χ4v) is 1.42. The Bertz CT molecular complexity index is 364. The molecule has 0 saturated carbocycles. The predicted octanol–water partition coefficient (Wildman–Crippen LogP) is 2.98. The smallest absolute Gasteiger partial charge is 0.0861 e. The summed E-state index contributed by atoms with van der Waals surface area (Å²) in [5, 5.41) is 3.46. The molecule has 1 heterocycles. The third-order valence-corrected chi connectivity index (χ3v) is 2.54. The van der Waals surface area contributed by atoms with E-state index < -0.39 is 0 Å². The van der Waals surface area contributed by atoms with E-state index in [4.69, 9.17) is 0 Å². The van der Waals surface area contributed by atoms with Gasteiger partial charge in [-0.25, -0.2) is 0 Å². The van der Waals surface area contributed by atoms with Gasteiger partial charge in [0.2, 0.25) is 0 Å². The highest BCUT2D eigenvalue weighted by atomic mass is 15.0. The van der Waals surface area contributed by atoms with Gasteiger partial charge in [0, 0.05) is 5.71 Å². The minimum Gasteiger partial charge on any atom is -0.373 e. The Hall–Kier alpha value is -1.31. The molecule has 0 radical (unpaired) electrons. The molecule has 0 bridgehead atoms. The third kappa shape index (κ3) is 1.32. The Morgan fingerprint density at radius 2 is 1.92 bits per heavy atom. The predicted molar refractivity (Wildman–Crippen MR) is 56.9 cm³/mol. The van der Waals surface area contributed by atoms with Crippen molar-refractivity contribution in [2.45, 2.75) is 26.3 Å². The van der Waals surface area contributed by atoms with Crippen LogP contribution < -0.4 is 5.32 Å². The summed E-state index contributed by atoms with van der Waals surface area (Å²) in [5.41, 5.74) is 3.28. The summed E-state index contributed by atoms with van der Waals surface area (Å²) < 4.78 is 0. The number of fused-ring (bicyclic) bond motifs is 1. The Morgan fingerprint density at radius 1 is 1.23 bits per heavy atom. The van der Waals surface area contributed by atoms with Gasteiger partial charge in [-0.05, 0) is 32.9 Å². The van der Waals surface area contributed by atoms with Crippen molar-refractivity contribution in [3.8, 4) is 0 Å². The van der Waals surface area contributed by atoms with Crippen LogP contribution in [0.5, 0.6) is 0 Å². The zero-order valence-electron chi connectivity index (χ0n) is 8.26. The second-order valence-electron chi connectivity index (χ2n) is 3.96. The fraction of sp³-hybridized carbons (Fsp3) is 0.364. The maximum atomic E-state index is 4.55.